The van der Waals surface area contributed by atoms with E-state index in [-0.39, 0.29) is 4.47 Å². The summed E-state index contributed by atoms with van der Waals surface area (Å²) in [5.41, 5.74) is -0.207. The van der Waals surface area contributed by atoms with E-state index < -0.39 is 11.7 Å². The van der Waals surface area contributed by atoms with Crippen molar-refractivity contribution in [3.8, 4) is 0 Å². The highest BCUT2D eigenvalue weighted by Gasteiger charge is 2.33. The SMILES string of the molecule is Cc1ccc(CNc2ccc(Br)c(C(F)(F)F)c2)s1. The summed E-state index contributed by atoms with van der Waals surface area (Å²) in [6.45, 7) is 2.52. The standard InChI is InChI=1S/C13H11BrF3NS/c1-8-2-4-10(19-8)7-18-9-3-5-12(14)11(6-9)13(15,16)17/h2-6,18H,7H2,1H3. The smallest absolute Gasteiger partial charge is 0.380 e. The molecule has 1 aromatic carbocycles. The van der Waals surface area contributed by atoms with Gasteiger partial charge in [0.25, 0.3) is 0 Å². The van der Waals surface area contributed by atoms with Gasteiger partial charge in [0.1, 0.15) is 0 Å². The molecule has 2 aromatic rings. The lowest BCUT2D eigenvalue weighted by molar-refractivity contribution is -0.138. The molecule has 0 bridgehead atoms. The van der Waals surface area contributed by atoms with Gasteiger partial charge < -0.3 is 5.32 Å². The number of aryl methyl sites for hydroxylation is 1. The van der Waals surface area contributed by atoms with E-state index in [4.69, 9.17) is 0 Å². The molecule has 1 N–H and O–H groups in total. The van der Waals surface area contributed by atoms with E-state index in [0.717, 1.165) is 10.9 Å². The van der Waals surface area contributed by atoms with Crippen molar-refractivity contribution in [1.29, 1.82) is 0 Å². The maximum absolute atomic E-state index is 12.7. The first-order valence-electron chi connectivity index (χ1n) is 5.52. The Bertz CT molecular complexity index is 578. The van der Waals surface area contributed by atoms with Crippen LogP contribution in [-0.2, 0) is 12.7 Å². The molecule has 0 radical (unpaired) electrons. The molecule has 0 aliphatic rings. The van der Waals surface area contributed by atoms with Crippen LogP contribution in [0.15, 0.2) is 34.8 Å². The Labute approximate surface area is 121 Å². The molecule has 0 spiro atoms. The predicted molar refractivity (Wildman–Crippen MR) is 75.5 cm³/mol. The monoisotopic (exact) mass is 349 g/mol. The Balaban J connectivity index is 2.13. The second-order valence-corrected chi connectivity index (χ2v) is 6.29. The van der Waals surface area contributed by atoms with Crippen molar-refractivity contribution in [3.05, 3.63) is 50.1 Å². The molecule has 1 heterocycles. The van der Waals surface area contributed by atoms with Crippen molar-refractivity contribution < 1.29 is 13.2 Å². The van der Waals surface area contributed by atoms with E-state index in [0.29, 0.717) is 12.2 Å². The van der Waals surface area contributed by atoms with Gasteiger partial charge in [0.2, 0.25) is 0 Å². The first-order chi connectivity index (χ1) is 8.86. The molecule has 0 unspecified atom stereocenters. The van der Waals surface area contributed by atoms with Crippen LogP contribution in [-0.4, -0.2) is 0 Å². The summed E-state index contributed by atoms with van der Waals surface area (Å²) in [5.74, 6) is 0. The molecule has 0 saturated heterocycles. The molecule has 0 atom stereocenters. The first-order valence-corrected chi connectivity index (χ1v) is 7.13. The number of hydrogen-bond acceptors (Lipinski definition) is 2. The molecular formula is C13H11BrF3NS. The second-order valence-electron chi connectivity index (χ2n) is 4.06. The number of thiophene rings is 1. The van der Waals surface area contributed by atoms with Crippen LogP contribution in [0.25, 0.3) is 0 Å². The molecule has 0 amide bonds. The van der Waals surface area contributed by atoms with Crippen molar-refractivity contribution in [2.24, 2.45) is 0 Å². The zero-order valence-corrected chi connectivity index (χ0v) is 12.4. The van der Waals surface area contributed by atoms with Crippen LogP contribution in [0, 0.1) is 6.92 Å². The lowest BCUT2D eigenvalue weighted by Crippen LogP contribution is -2.07. The van der Waals surface area contributed by atoms with Crippen LogP contribution in [0.1, 0.15) is 15.3 Å². The Morgan fingerprint density at radius 2 is 1.95 bits per heavy atom. The van der Waals surface area contributed by atoms with Crippen LogP contribution in [0.5, 0.6) is 0 Å². The summed E-state index contributed by atoms with van der Waals surface area (Å²) < 4.78 is 38.3. The lowest BCUT2D eigenvalue weighted by atomic mass is 10.2. The van der Waals surface area contributed by atoms with Gasteiger partial charge in [0, 0.05) is 26.5 Å². The average Bonchev–Trinajstić information content (AvgIpc) is 2.72. The third kappa shape index (κ3) is 3.73. The molecule has 0 saturated carbocycles. The predicted octanol–water partition coefficient (Wildman–Crippen LogP) is 5.45. The van der Waals surface area contributed by atoms with Gasteiger partial charge in [-0.3, -0.25) is 0 Å². The zero-order valence-electron chi connectivity index (χ0n) is 10.0. The average molecular weight is 350 g/mol. The molecule has 0 aliphatic carbocycles. The van der Waals surface area contributed by atoms with Crippen LogP contribution in [0.3, 0.4) is 0 Å². The molecule has 6 heteroatoms. The van der Waals surface area contributed by atoms with Gasteiger partial charge in [-0.05, 0) is 37.3 Å². The number of anilines is 1. The van der Waals surface area contributed by atoms with Gasteiger partial charge in [-0.25, -0.2) is 0 Å². The number of nitrogens with one attached hydrogen (secondary N) is 1. The minimum atomic E-state index is -4.35. The number of hydrogen-bond donors (Lipinski definition) is 1. The van der Waals surface area contributed by atoms with Crippen LogP contribution in [0.2, 0.25) is 0 Å². The Morgan fingerprint density at radius 1 is 1.21 bits per heavy atom. The van der Waals surface area contributed by atoms with Gasteiger partial charge >= 0.3 is 6.18 Å². The Hall–Kier alpha value is -1.01. The third-order valence-corrected chi connectivity index (χ3v) is 4.23. The summed E-state index contributed by atoms with van der Waals surface area (Å²) >= 11 is 4.55. The minimum Gasteiger partial charge on any atom is -0.380 e. The van der Waals surface area contributed by atoms with Gasteiger partial charge in [-0.15, -0.1) is 11.3 Å². The van der Waals surface area contributed by atoms with E-state index in [1.807, 2.05) is 19.1 Å². The molecule has 19 heavy (non-hydrogen) atoms. The van der Waals surface area contributed by atoms with E-state index in [1.54, 1.807) is 17.4 Å². The Kier molecular flexibility index (Phi) is 4.20. The number of benzene rings is 1. The van der Waals surface area contributed by atoms with E-state index in [1.165, 1.54) is 10.9 Å². The zero-order chi connectivity index (χ0) is 14.0. The molecule has 0 aliphatic heterocycles. The molecule has 102 valence electrons. The van der Waals surface area contributed by atoms with E-state index in [9.17, 15) is 13.2 Å². The quantitative estimate of drug-likeness (QED) is 0.776. The van der Waals surface area contributed by atoms with Crippen LogP contribution < -0.4 is 5.32 Å². The molecule has 2 rings (SSSR count). The van der Waals surface area contributed by atoms with Crippen LogP contribution in [0.4, 0.5) is 18.9 Å². The van der Waals surface area contributed by atoms with Crippen molar-refractivity contribution in [1.82, 2.24) is 0 Å². The lowest BCUT2D eigenvalue weighted by Gasteiger charge is -2.12. The van der Waals surface area contributed by atoms with E-state index in [2.05, 4.69) is 21.2 Å². The fraction of sp³-hybridized carbons (Fsp3) is 0.231. The topological polar surface area (TPSA) is 12.0 Å². The van der Waals surface area contributed by atoms with Gasteiger partial charge in [0.05, 0.1) is 5.56 Å². The summed E-state index contributed by atoms with van der Waals surface area (Å²) in [7, 11) is 0. The first kappa shape index (κ1) is 14.4. The minimum absolute atomic E-state index is 0.0533. The van der Waals surface area contributed by atoms with Crippen molar-refractivity contribution in [2.45, 2.75) is 19.6 Å². The molecule has 1 nitrogen and oxygen atoms in total. The molecule has 0 fully saturated rings. The van der Waals surface area contributed by atoms with Crippen molar-refractivity contribution in [3.63, 3.8) is 0 Å². The second kappa shape index (κ2) is 5.54. The van der Waals surface area contributed by atoms with Gasteiger partial charge in [0.15, 0.2) is 0 Å². The third-order valence-electron chi connectivity index (χ3n) is 2.53. The number of rotatable bonds is 3. The highest BCUT2D eigenvalue weighted by Crippen LogP contribution is 2.36. The summed E-state index contributed by atoms with van der Waals surface area (Å²) in [4.78, 5) is 2.28. The fourth-order valence-electron chi connectivity index (χ4n) is 1.62. The molecule has 1 aromatic heterocycles. The highest BCUT2D eigenvalue weighted by atomic mass is 79.9. The van der Waals surface area contributed by atoms with Gasteiger partial charge in [-0.2, -0.15) is 13.2 Å². The number of halogens is 4. The maximum Gasteiger partial charge on any atom is 0.417 e. The van der Waals surface area contributed by atoms with Crippen LogP contribution >= 0.6 is 27.3 Å². The fourth-order valence-corrected chi connectivity index (χ4v) is 2.92. The van der Waals surface area contributed by atoms with Gasteiger partial charge in [-0.1, -0.05) is 15.9 Å². The molecular weight excluding hydrogens is 339 g/mol. The Morgan fingerprint density at radius 3 is 2.53 bits per heavy atom. The van der Waals surface area contributed by atoms with E-state index >= 15 is 0 Å². The normalized spacial score (nSPS) is 11.6. The van der Waals surface area contributed by atoms with Crippen molar-refractivity contribution in [2.75, 3.05) is 5.32 Å². The summed E-state index contributed by atoms with van der Waals surface area (Å²) in [5, 5.41) is 3.00. The highest BCUT2D eigenvalue weighted by molar-refractivity contribution is 9.10. The van der Waals surface area contributed by atoms with Crippen molar-refractivity contribution >= 4 is 33.0 Å². The summed E-state index contributed by atoms with van der Waals surface area (Å²) in [6, 6.07) is 8.11. The largest absolute Gasteiger partial charge is 0.417 e. The maximum atomic E-state index is 12.7. The number of alkyl halides is 3. The summed E-state index contributed by atoms with van der Waals surface area (Å²) in [6.07, 6.45) is -4.35.